The number of hydrazine groups is 1. The Labute approximate surface area is 73.4 Å². The fourth-order valence-corrected chi connectivity index (χ4v) is 2.02. The van der Waals surface area contributed by atoms with Crippen LogP contribution in [0, 0.1) is 6.92 Å². The number of nitrogen functional groups attached to an aromatic ring is 1. The van der Waals surface area contributed by atoms with Gasteiger partial charge in [-0.05, 0) is 17.9 Å². The van der Waals surface area contributed by atoms with E-state index in [2.05, 4.69) is 15.4 Å². The Balaban J connectivity index is 2.84. The summed E-state index contributed by atoms with van der Waals surface area (Å²) in [5, 5.41) is 3.06. The molecule has 5 heteroatoms. The summed E-state index contributed by atoms with van der Waals surface area (Å²) in [6.07, 6.45) is 1.51. The molecule has 0 fully saturated rings. The monoisotopic (exact) mass is 180 g/mol. The van der Waals surface area contributed by atoms with Crippen molar-refractivity contribution in [1.82, 2.24) is 9.97 Å². The minimum absolute atomic E-state index is 0.693. The van der Waals surface area contributed by atoms with Gasteiger partial charge in [0.05, 0.1) is 5.39 Å². The third-order valence-corrected chi connectivity index (χ3v) is 2.70. The van der Waals surface area contributed by atoms with Crippen LogP contribution >= 0.6 is 11.3 Å². The van der Waals surface area contributed by atoms with E-state index < -0.39 is 0 Å². The van der Waals surface area contributed by atoms with Crippen molar-refractivity contribution < 1.29 is 0 Å². The van der Waals surface area contributed by atoms with E-state index in [1.54, 1.807) is 11.3 Å². The van der Waals surface area contributed by atoms with Gasteiger partial charge in [-0.15, -0.1) is 11.3 Å². The van der Waals surface area contributed by atoms with E-state index in [0.29, 0.717) is 5.82 Å². The molecule has 62 valence electrons. The zero-order chi connectivity index (χ0) is 8.55. The lowest BCUT2D eigenvalue weighted by molar-refractivity contribution is 1.19. The maximum absolute atomic E-state index is 5.31. The molecule has 0 amide bonds. The van der Waals surface area contributed by atoms with Crippen LogP contribution in [0.5, 0.6) is 0 Å². The molecule has 0 aliphatic carbocycles. The summed E-state index contributed by atoms with van der Waals surface area (Å²) in [5.41, 5.74) is 3.71. The second-order valence-electron chi connectivity index (χ2n) is 2.47. The van der Waals surface area contributed by atoms with Gasteiger partial charge < -0.3 is 5.43 Å². The molecule has 0 atom stereocenters. The van der Waals surface area contributed by atoms with Gasteiger partial charge in [-0.25, -0.2) is 15.8 Å². The van der Waals surface area contributed by atoms with Crippen molar-refractivity contribution in [2.75, 3.05) is 5.43 Å². The highest BCUT2D eigenvalue weighted by Gasteiger charge is 2.06. The first-order valence-electron chi connectivity index (χ1n) is 3.48. The van der Waals surface area contributed by atoms with Gasteiger partial charge in [-0.2, -0.15) is 0 Å². The van der Waals surface area contributed by atoms with Gasteiger partial charge >= 0.3 is 0 Å². The number of nitrogens with zero attached hydrogens (tertiary/aromatic N) is 2. The van der Waals surface area contributed by atoms with Gasteiger partial charge in [0.15, 0.2) is 5.82 Å². The topological polar surface area (TPSA) is 63.8 Å². The summed E-state index contributed by atoms with van der Waals surface area (Å²) in [6.45, 7) is 2.02. The van der Waals surface area contributed by atoms with Crippen LogP contribution < -0.4 is 11.3 Å². The first-order valence-corrected chi connectivity index (χ1v) is 4.36. The van der Waals surface area contributed by atoms with Crippen LogP contribution in [0.4, 0.5) is 5.82 Å². The number of rotatable bonds is 1. The van der Waals surface area contributed by atoms with Crippen LogP contribution in [0.1, 0.15) is 5.56 Å². The predicted molar refractivity (Wildman–Crippen MR) is 50.0 cm³/mol. The molecule has 0 saturated carbocycles. The molecule has 2 aromatic rings. The Morgan fingerprint density at radius 2 is 2.33 bits per heavy atom. The Kier molecular flexibility index (Phi) is 1.67. The van der Waals surface area contributed by atoms with E-state index in [-0.39, 0.29) is 0 Å². The van der Waals surface area contributed by atoms with Crippen molar-refractivity contribution >= 4 is 27.4 Å². The summed E-state index contributed by atoms with van der Waals surface area (Å²) in [4.78, 5) is 9.11. The number of aryl methyl sites for hydroxylation is 1. The Morgan fingerprint density at radius 3 is 3.08 bits per heavy atom. The van der Waals surface area contributed by atoms with Gasteiger partial charge in [-0.3, -0.25) is 0 Å². The summed E-state index contributed by atoms with van der Waals surface area (Å²) in [7, 11) is 0. The standard InChI is InChI=1S/C7H8N4S/c1-4-2-12-7-5(4)6(11-8)9-3-10-7/h2-3H,8H2,1H3,(H,9,10,11). The maximum Gasteiger partial charge on any atom is 0.152 e. The lowest BCUT2D eigenvalue weighted by atomic mass is 10.2. The average molecular weight is 180 g/mol. The molecule has 2 rings (SSSR count). The Morgan fingerprint density at radius 1 is 1.50 bits per heavy atom. The minimum atomic E-state index is 0.693. The first-order chi connectivity index (χ1) is 5.83. The van der Waals surface area contributed by atoms with Crippen LogP contribution in [0.25, 0.3) is 10.2 Å². The summed E-state index contributed by atoms with van der Waals surface area (Å²) in [5.74, 6) is 6.00. The second kappa shape index (κ2) is 2.69. The quantitative estimate of drug-likeness (QED) is 0.512. The smallest absolute Gasteiger partial charge is 0.152 e. The van der Waals surface area contributed by atoms with Crippen molar-refractivity contribution in [1.29, 1.82) is 0 Å². The molecule has 12 heavy (non-hydrogen) atoms. The largest absolute Gasteiger partial charge is 0.308 e. The van der Waals surface area contributed by atoms with Crippen LogP contribution in [-0.2, 0) is 0 Å². The molecule has 0 unspecified atom stereocenters. The number of anilines is 1. The number of thiophene rings is 1. The number of hydrogen-bond acceptors (Lipinski definition) is 5. The van der Waals surface area contributed by atoms with E-state index >= 15 is 0 Å². The Bertz CT molecular complexity index is 409. The van der Waals surface area contributed by atoms with E-state index in [9.17, 15) is 0 Å². The highest BCUT2D eigenvalue weighted by molar-refractivity contribution is 7.17. The lowest BCUT2D eigenvalue weighted by Gasteiger charge is -1.99. The molecule has 2 heterocycles. The number of fused-ring (bicyclic) bond motifs is 1. The maximum atomic E-state index is 5.31. The van der Waals surface area contributed by atoms with Gasteiger partial charge in [0, 0.05) is 0 Å². The van der Waals surface area contributed by atoms with Crippen molar-refractivity contribution in [3.63, 3.8) is 0 Å². The van der Waals surface area contributed by atoms with Crippen LogP contribution in [0.15, 0.2) is 11.7 Å². The molecule has 0 radical (unpaired) electrons. The fraction of sp³-hybridized carbons (Fsp3) is 0.143. The van der Waals surface area contributed by atoms with Crippen molar-refractivity contribution in [3.8, 4) is 0 Å². The highest BCUT2D eigenvalue weighted by atomic mass is 32.1. The van der Waals surface area contributed by atoms with Crippen LogP contribution in [-0.4, -0.2) is 9.97 Å². The predicted octanol–water partition coefficient (Wildman–Crippen LogP) is 1.29. The van der Waals surface area contributed by atoms with Gasteiger partial charge in [-0.1, -0.05) is 0 Å². The van der Waals surface area contributed by atoms with E-state index in [1.807, 2.05) is 12.3 Å². The van der Waals surface area contributed by atoms with Gasteiger partial charge in [0.25, 0.3) is 0 Å². The minimum Gasteiger partial charge on any atom is -0.308 e. The molecule has 2 aromatic heterocycles. The number of nitrogens with two attached hydrogens (primary N) is 1. The number of nitrogens with one attached hydrogen (secondary N) is 1. The van der Waals surface area contributed by atoms with E-state index in [0.717, 1.165) is 15.8 Å². The molecule has 0 aliphatic rings. The van der Waals surface area contributed by atoms with Crippen molar-refractivity contribution in [3.05, 3.63) is 17.3 Å². The summed E-state index contributed by atoms with van der Waals surface area (Å²) >= 11 is 1.60. The molecule has 0 aromatic carbocycles. The number of hydrogen-bond donors (Lipinski definition) is 2. The first kappa shape index (κ1) is 7.45. The third kappa shape index (κ3) is 0.945. The second-order valence-corrected chi connectivity index (χ2v) is 3.32. The molecule has 0 saturated heterocycles. The zero-order valence-corrected chi connectivity index (χ0v) is 7.35. The lowest BCUT2D eigenvalue weighted by Crippen LogP contribution is -2.08. The van der Waals surface area contributed by atoms with Crippen molar-refractivity contribution in [2.24, 2.45) is 5.84 Å². The Hall–Kier alpha value is -1.20. The normalized spacial score (nSPS) is 10.5. The zero-order valence-electron chi connectivity index (χ0n) is 6.53. The molecule has 0 spiro atoms. The average Bonchev–Trinajstić information content (AvgIpc) is 2.48. The number of aromatic nitrogens is 2. The summed E-state index contributed by atoms with van der Waals surface area (Å²) in [6, 6.07) is 0. The van der Waals surface area contributed by atoms with Crippen LogP contribution in [0.3, 0.4) is 0 Å². The molecule has 4 nitrogen and oxygen atoms in total. The van der Waals surface area contributed by atoms with Crippen molar-refractivity contribution in [2.45, 2.75) is 6.92 Å². The van der Waals surface area contributed by atoms with Gasteiger partial charge in [0.2, 0.25) is 0 Å². The van der Waals surface area contributed by atoms with E-state index in [4.69, 9.17) is 5.84 Å². The molecular formula is C7H8N4S. The summed E-state index contributed by atoms with van der Waals surface area (Å²) < 4.78 is 0. The van der Waals surface area contributed by atoms with Crippen LogP contribution in [0.2, 0.25) is 0 Å². The van der Waals surface area contributed by atoms with E-state index in [1.165, 1.54) is 6.33 Å². The molecule has 3 N–H and O–H groups in total. The molecule has 0 aliphatic heterocycles. The third-order valence-electron chi connectivity index (χ3n) is 1.69. The highest BCUT2D eigenvalue weighted by Crippen LogP contribution is 2.27. The van der Waals surface area contributed by atoms with Gasteiger partial charge in [0.1, 0.15) is 11.2 Å². The molecular weight excluding hydrogens is 172 g/mol. The SMILES string of the molecule is Cc1csc2ncnc(NN)c12. The molecule has 0 bridgehead atoms. The fourth-order valence-electron chi connectivity index (χ4n) is 1.13.